The Balaban J connectivity index is 1.42. The maximum Gasteiger partial charge on any atom is 0.263 e. The quantitative estimate of drug-likeness (QED) is 0.521. The molecule has 2 aromatic carbocycles. The van der Waals surface area contributed by atoms with E-state index in [2.05, 4.69) is 10.3 Å². The van der Waals surface area contributed by atoms with Crippen LogP contribution in [0.3, 0.4) is 0 Å². The normalized spacial score (nSPS) is 12.1. The second-order valence-electron chi connectivity index (χ2n) is 6.41. The molecular formula is C22H16N2O4S. The molecule has 0 spiro atoms. The maximum atomic E-state index is 13.0. The molecule has 5 rings (SSSR count). The van der Waals surface area contributed by atoms with Gasteiger partial charge in [-0.05, 0) is 29.8 Å². The first-order chi connectivity index (χ1) is 14.3. The second-order valence-corrected chi connectivity index (χ2v) is 7.41. The molecule has 0 bridgehead atoms. The summed E-state index contributed by atoms with van der Waals surface area (Å²) in [6.07, 6.45) is 1.60. The fourth-order valence-corrected chi connectivity index (χ4v) is 4.06. The molecule has 6 nitrogen and oxygen atoms in total. The molecule has 0 fully saturated rings. The van der Waals surface area contributed by atoms with E-state index in [1.165, 1.54) is 11.3 Å². The predicted molar refractivity (Wildman–Crippen MR) is 109 cm³/mol. The first-order valence-electron chi connectivity index (χ1n) is 9.05. The molecule has 0 saturated heterocycles. The third-order valence-electron chi connectivity index (χ3n) is 4.50. The molecule has 4 aromatic rings. The van der Waals surface area contributed by atoms with Crippen LogP contribution >= 0.6 is 11.3 Å². The lowest BCUT2D eigenvalue weighted by Crippen LogP contribution is -2.22. The number of carbonyl (C=O) groups is 1. The van der Waals surface area contributed by atoms with Crippen molar-refractivity contribution in [3.8, 4) is 33.5 Å². The highest BCUT2D eigenvalue weighted by Gasteiger charge is 2.21. The molecule has 144 valence electrons. The van der Waals surface area contributed by atoms with Gasteiger partial charge in [-0.15, -0.1) is 11.3 Å². The van der Waals surface area contributed by atoms with Crippen molar-refractivity contribution >= 4 is 17.2 Å². The summed E-state index contributed by atoms with van der Waals surface area (Å²) >= 11 is 1.31. The number of ether oxygens (including phenoxy) is 2. The van der Waals surface area contributed by atoms with Gasteiger partial charge in [0.1, 0.15) is 4.88 Å². The van der Waals surface area contributed by atoms with E-state index >= 15 is 0 Å². The largest absolute Gasteiger partial charge is 0.462 e. The Kier molecular flexibility index (Phi) is 4.50. The molecule has 1 amide bonds. The molecule has 0 atom stereocenters. The zero-order valence-corrected chi connectivity index (χ0v) is 16.1. The van der Waals surface area contributed by atoms with Gasteiger partial charge < -0.3 is 19.2 Å². The van der Waals surface area contributed by atoms with E-state index < -0.39 is 0 Å². The predicted octanol–water partition coefficient (Wildman–Crippen LogP) is 4.73. The summed E-state index contributed by atoms with van der Waals surface area (Å²) in [6, 6.07) is 18.9. The molecule has 1 aliphatic heterocycles. The Morgan fingerprint density at radius 1 is 1.03 bits per heavy atom. The minimum Gasteiger partial charge on any atom is -0.462 e. The van der Waals surface area contributed by atoms with Crippen LogP contribution in [-0.4, -0.2) is 17.7 Å². The van der Waals surface area contributed by atoms with Gasteiger partial charge >= 0.3 is 0 Å². The van der Waals surface area contributed by atoms with Crippen molar-refractivity contribution < 1.29 is 18.7 Å². The number of thiazole rings is 1. The van der Waals surface area contributed by atoms with Crippen LogP contribution in [0.4, 0.5) is 0 Å². The molecule has 0 aliphatic carbocycles. The maximum absolute atomic E-state index is 13.0. The van der Waals surface area contributed by atoms with Crippen molar-refractivity contribution in [1.82, 2.24) is 10.3 Å². The molecular weight excluding hydrogens is 388 g/mol. The molecule has 1 N–H and O–H groups in total. The van der Waals surface area contributed by atoms with E-state index in [-0.39, 0.29) is 12.7 Å². The summed E-state index contributed by atoms with van der Waals surface area (Å²) in [5, 5.41) is 3.65. The van der Waals surface area contributed by atoms with Gasteiger partial charge in [0.05, 0.1) is 12.0 Å². The number of carbonyl (C=O) groups excluding carboxylic acids is 1. The molecule has 3 heterocycles. The number of nitrogens with one attached hydrogen (secondary N) is 1. The van der Waals surface area contributed by atoms with Gasteiger partial charge in [-0.2, -0.15) is 0 Å². The van der Waals surface area contributed by atoms with Gasteiger partial charge in [-0.3, -0.25) is 4.79 Å². The number of fused-ring (bicyclic) bond motifs is 1. The van der Waals surface area contributed by atoms with Crippen molar-refractivity contribution in [2.75, 3.05) is 6.79 Å². The number of amides is 1. The van der Waals surface area contributed by atoms with E-state index in [0.29, 0.717) is 33.6 Å². The number of furan rings is 1. The van der Waals surface area contributed by atoms with Crippen LogP contribution in [-0.2, 0) is 6.54 Å². The number of aromatic nitrogens is 1. The Morgan fingerprint density at radius 2 is 1.90 bits per heavy atom. The summed E-state index contributed by atoms with van der Waals surface area (Å²) in [7, 11) is 0. The zero-order valence-electron chi connectivity index (χ0n) is 15.3. The third-order valence-corrected chi connectivity index (χ3v) is 5.57. The zero-order chi connectivity index (χ0) is 19.6. The fourth-order valence-electron chi connectivity index (χ4n) is 3.08. The monoisotopic (exact) mass is 404 g/mol. The average Bonchev–Trinajstić information content (AvgIpc) is 3.52. The van der Waals surface area contributed by atoms with Crippen LogP contribution in [0.25, 0.3) is 22.0 Å². The standard InChI is InChI=1S/C22H16N2O4S/c25-21(23-12-14-8-9-16-18(11-14)28-13-27-16)20-19(15-5-2-1-3-6-15)24-22(29-20)17-7-4-10-26-17/h1-11H,12-13H2,(H,23,25). The van der Waals surface area contributed by atoms with Crippen LogP contribution in [0.2, 0.25) is 0 Å². The fraction of sp³-hybridized carbons (Fsp3) is 0.0909. The molecule has 29 heavy (non-hydrogen) atoms. The van der Waals surface area contributed by atoms with Gasteiger partial charge in [0.25, 0.3) is 5.91 Å². The summed E-state index contributed by atoms with van der Waals surface area (Å²) in [5.74, 6) is 1.87. The minimum absolute atomic E-state index is 0.183. The van der Waals surface area contributed by atoms with E-state index in [1.807, 2.05) is 54.6 Å². The summed E-state index contributed by atoms with van der Waals surface area (Å²) in [4.78, 5) is 18.2. The Hall–Kier alpha value is -3.58. The number of benzene rings is 2. The molecule has 0 radical (unpaired) electrons. The number of rotatable bonds is 5. The van der Waals surface area contributed by atoms with Gasteiger partial charge in [0.15, 0.2) is 22.3 Å². The van der Waals surface area contributed by atoms with E-state index in [4.69, 9.17) is 13.9 Å². The summed E-state index contributed by atoms with van der Waals surface area (Å²) in [6.45, 7) is 0.597. The number of hydrogen-bond donors (Lipinski definition) is 1. The average molecular weight is 404 g/mol. The van der Waals surface area contributed by atoms with Crippen molar-refractivity contribution in [3.63, 3.8) is 0 Å². The molecule has 7 heteroatoms. The number of hydrogen-bond acceptors (Lipinski definition) is 6. The molecule has 0 unspecified atom stereocenters. The van der Waals surface area contributed by atoms with Crippen molar-refractivity contribution in [2.24, 2.45) is 0 Å². The van der Waals surface area contributed by atoms with Crippen molar-refractivity contribution in [1.29, 1.82) is 0 Å². The molecule has 2 aromatic heterocycles. The lowest BCUT2D eigenvalue weighted by molar-refractivity contribution is 0.0955. The third kappa shape index (κ3) is 3.48. The second kappa shape index (κ2) is 7.44. The van der Waals surface area contributed by atoms with Crippen LogP contribution < -0.4 is 14.8 Å². The first kappa shape index (κ1) is 17.5. The highest BCUT2D eigenvalue weighted by molar-refractivity contribution is 7.17. The van der Waals surface area contributed by atoms with Gasteiger partial charge in [0.2, 0.25) is 6.79 Å². The first-order valence-corrected chi connectivity index (χ1v) is 9.86. The van der Waals surface area contributed by atoms with Crippen LogP contribution in [0.15, 0.2) is 71.3 Å². The minimum atomic E-state index is -0.183. The molecule has 0 saturated carbocycles. The smallest absolute Gasteiger partial charge is 0.263 e. The number of nitrogens with zero attached hydrogens (tertiary/aromatic N) is 1. The van der Waals surface area contributed by atoms with Crippen molar-refractivity contribution in [3.05, 3.63) is 77.4 Å². The van der Waals surface area contributed by atoms with Crippen molar-refractivity contribution in [2.45, 2.75) is 6.54 Å². The lowest BCUT2D eigenvalue weighted by atomic mass is 10.1. The van der Waals surface area contributed by atoms with E-state index in [1.54, 1.807) is 12.3 Å². The summed E-state index contributed by atoms with van der Waals surface area (Å²) in [5.41, 5.74) is 2.46. The Labute approximate surface area is 170 Å². The van der Waals surface area contributed by atoms with Gasteiger partial charge in [-0.1, -0.05) is 36.4 Å². The van der Waals surface area contributed by atoms with Crippen LogP contribution in [0.5, 0.6) is 11.5 Å². The topological polar surface area (TPSA) is 73.6 Å². The summed E-state index contributed by atoms with van der Waals surface area (Å²) < 4.78 is 16.2. The Bertz CT molecular complexity index is 1150. The Morgan fingerprint density at radius 3 is 2.72 bits per heavy atom. The highest BCUT2D eigenvalue weighted by atomic mass is 32.1. The lowest BCUT2D eigenvalue weighted by Gasteiger charge is -2.06. The van der Waals surface area contributed by atoms with Crippen LogP contribution in [0, 0.1) is 0 Å². The van der Waals surface area contributed by atoms with E-state index in [9.17, 15) is 4.79 Å². The van der Waals surface area contributed by atoms with Crippen LogP contribution in [0.1, 0.15) is 15.2 Å². The SMILES string of the molecule is O=C(NCc1ccc2c(c1)OCO2)c1sc(-c2ccco2)nc1-c1ccccc1. The highest BCUT2D eigenvalue weighted by Crippen LogP contribution is 2.35. The van der Waals surface area contributed by atoms with Gasteiger partial charge in [0, 0.05) is 12.1 Å². The van der Waals surface area contributed by atoms with E-state index in [0.717, 1.165) is 16.9 Å². The molecule has 1 aliphatic rings. The van der Waals surface area contributed by atoms with Gasteiger partial charge in [-0.25, -0.2) is 4.98 Å².